The zero-order valence-corrected chi connectivity index (χ0v) is 22.6. The van der Waals surface area contributed by atoms with Crippen LogP contribution >= 0.6 is 0 Å². The van der Waals surface area contributed by atoms with Gasteiger partial charge in [0, 0.05) is 42.6 Å². The van der Waals surface area contributed by atoms with Crippen LogP contribution in [0.25, 0.3) is 21.9 Å². The van der Waals surface area contributed by atoms with Crippen molar-refractivity contribution >= 4 is 16.7 Å². The van der Waals surface area contributed by atoms with Gasteiger partial charge in [0.2, 0.25) is 5.91 Å². The summed E-state index contributed by atoms with van der Waals surface area (Å²) in [5, 5.41) is 14.8. The highest BCUT2D eigenvalue weighted by atomic mass is 19.4. The van der Waals surface area contributed by atoms with Gasteiger partial charge in [-0.3, -0.25) is 9.69 Å². The quantitative estimate of drug-likeness (QED) is 0.252. The van der Waals surface area contributed by atoms with Crippen molar-refractivity contribution in [1.82, 2.24) is 14.8 Å². The number of aromatic nitrogens is 1. The van der Waals surface area contributed by atoms with Crippen LogP contribution < -0.4 is 5.32 Å². The molecule has 0 unspecified atom stereocenters. The average Bonchev–Trinajstić information content (AvgIpc) is 3.47. The number of benzene rings is 3. The first kappa shape index (κ1) is 27.1. The molecule has 1 aliphatic carbocycles. The summed E-state index contributed by atoms with van der Waals surface area (Å²) < 4.78 is 41.3. The summed E-state index contributed by atoms with van der Waals surface area (Å²) in [6.07, 6.45) is 3.52. The summed E-state index contributed by atoms with van der Waals surface area (Å²) in [7, 11) is 0. The topological polar surface area (TPSA) is 57.5 Å². The van der Waals surface area contributed by atoms with Crippen LogP contribution in [0.15, 0.2) is 91.1 Å². The number of aromatic hydroxyl groups is 1. The molecule has 3 aromatic carbocycles. The molecule has 5 nitrogen and oxygen atoms in total. The molecule has 1 fully saturated rings. The van der Waals surface area contributed by atoms with E-state index < -0.39 is 24.0 Å². The Bertz CT molecular complexity index is 1550. The lowest BCUT2D eigenvalue weighted by molar-refractivity contribution is -0.140. The Kier molecular flexibility index (Phi) is 7.11. The fourth-order valence-electron chi connectivity index (χ4n) is 6.52. The largest absolute Gasteiger partial charge is 0.494 e. The maximum atomic E-state index is 13.6. The van der Waals surface area contributed by atoms with Gasteiger partial charge >= 0.3 is 6.18 Å². The molecule has 0 radical (unpaired) electrons. The number of carbonyl (C=O) groups is 1. The van der Waals surface area contributed by atoms with Gasteiger partial charge in [-0.25, -0.2) is 0 Å². The summed E-state index contributed by atoms with van der Waals surface area (Å²) in [5.41, 5.74) is 1.97. The Hall–Kier alpha value is -4.04. The summed E-state index contributed by atoms with van der Waals surface area (Å²) in [5.74, 6) is -0.332. The zero-order valence-electron chi connectivity index (χ0n) is 22.6. The van der Waals surface area contributed by atoms with E-state index in [0.29, 0.717) is 12.4 Å². The normalized spacial score (nSPS) is 17.1. The number of nitrogens with zero attached hydrogens (tertiary/aromatic N) is 2. The van der Waals surface area contributed by atoms with Crippen LogP contribution in [-0.2, 0) is 10.2 Å². The van der Waals surface area contributed by atoms with Gasteiger partial charge in [0.15, 0.2) is 5.88 Å². The van der Waals surface area contributed by atoms with Crippen molar-refractivity contribution in [2.75, 3.05) is 26.2 Å². The van der Waals surface area contributed by atoms with E-state index in [0.717, 1.165) is 59.0 Å². The smallest absolute Gasteiger partial charge is 0.405 e. The van der Waals surface area contributed by atoms with Crippen LogP contribution in [0, 0.1) is 0 Å². The lowest BCUT2D eigenvalue weighted by Crippen LogP contribution is -2.47. The maximum Gasteiger partial charge on any atom is 0.405 e. The number of alkyl halides is 3. The van der Waals surface area contributed by atoms with Crippen LogP contribution in [0.4, 0.5) is 13.2 Å². The number of hydrogen-bond donors (Lipinski definition) is 2. The molecule has 212 valence electrons. The molecule has 1 amide bonds. The standard InChI is InChI=1S/C33H32F3N3O2/c34-33(35,36)22-37-31(41)32(28-13-5-3-11-26(28)27-12-4-6-14-29(27)32)17-7-8-18-38-19-15-24(16-20-38)39-21-23-9-1-2-10-25(23)30(39)40/h1-14,21,24,40H,15-20,22H2,(H,37,41). The molecule has 2 N–H and O–H groups in total. The van der Waals surface area contributed by atoms with Gasteiger partial charge in [0.1, 0.15) is 12.0 Å². The molecule has 0 saturated carbocycles. The molecular weight excluding hydrogens is 527 g/mol. The summed E-state index contributed by atoms with van der Waals surface area (Å²) in [6.45, 7) is 1.01. The molecule has 1 aromatic heterocycles. The third-order valence-corrected chi connectivity index (χ3v) is 8.53. The highest BCUT2D eigenvalue weighted by molar-refractivity contribution is 6.00. The van der Waals surface area contributed by atoms with Crippen LogP contribution in [0.3, 0.4) is 0 Å². The molecule has 6 rings (SSSR count). The fourth-order valence-corrected chi connectivity index (χ4v) is 6.52. The minimum absolute atomic E-state index is 0.217. The van der Waals surface area contributed by atoms with Crippen molar-refractivity contribution in [3.05, 3.63) is 102 Å². The minimum Gasteiger partial charge on any atom is -0.494 e. The second-order valence-electron chi connectivity index (χ2n) is 10.9. The van der Waals surface area contributed by atoms with Crippen LogP contribution in [0.2, 0.25) is 0 Å². The molecular formula is C33H32F3N3O2. The molecule has 2 aliphatic rings. The van der Waals surface area contributed by atoms with Crippen LogP contribution in [0.5, 0.6) is 5.88 Å². The van der Waals surface area contributed by atoms with Crippen molar-refractivity contribution < 1.29 is 23.1 Å². The molecule has 1 aliphatic heterocycles. The monoisotopic (exact) mass is 559 g/mol. The SMILES string of the molecule is O=C(NCC(F)(F)F)C1(CC=CCN2CCC(n3cc4ccccc4c3O)CC2)c2ccccc2-c2ccccc21. The highest BCUT2D eigenvalue weighted by Crippen LogP contribution is 2.51. The second-order valence-corrected chi connectivity index (χ2v) is 10.9. The Morgan fingerprint density at radius 1 is 0.927 bits per heavy atom. The first-order valence-corrected chi connectivity index (χ1v) is 14.0. The third-order valence-electron chi connectivity index (χ3n) is 8.53. The number of piperidine rings is 1. The van der Waals surface area contributed by atoms with Gasteiger partial charge in [0.05, 0.1) is 0 Å². The summed E-state index contributed by atoms with van der Waals surface area (Å²) in [6, 6.07) is 23.0. The number of hydrogen-bond acceptors (Lipinski definition) is 3. The fraction of sp³-hybridized carbons (Fsp3) is 0.303. The van der Waals surface area contributed by atoms with E-state index in [9.17, 15) is 23.1 Å². The Balaban J connectivity index is 1.17. The molecule has 0 atom stereocenters. The van der Waals surface area contributed by atoms with E-state index in [1.165, 1.54) is 0 Å². The highest BCUT2D eigenvalue weighted by Gasteiger charge is 2.48. The number of fused-ring (bicyclic) bond motifs is 4. The minimum atomic E-state index is -4.50. The Morgan fingerprint density at radius 3 is 2.17 bits per heavy atom. The summed E-state index contributed by atoms with van der Waals surface area (Å²) in [4.78, 5) is 15.9. The van der Waals surface area contributed by atoms with Crippen molar-refractivity contribution in [3.63, 3.8) is 0 Å². The number of carbonyl (C=O) groups excluding carboxylic acids is 1. The van der Waals surface area contributed by atoms with Gasteiger partial charge in [0.25, 0.3) is 0 Å². The predicted molar refractivity (Wildman–Crippen MR) is 154 cm³/mol. The van der Waals surface area contributed by atoms with E-state index in [1.807, 2.05) is 95.7 Å². The van der Waals surface area contributed by atoms with Gasteiger partial charge in [-0.15, -0.1) is 0 Å². The molecule has 0 spiro atoms. The Labute approximate surface area is 236 Å². The van der Waals surface area contributed by atoms with E-state index in [1.54, 1.807) is 0 Å². The number of rotatable bonds is 7. The lowest BCUT2D eigenvalue weighted by Gasteiger charge is -2.32. The number of allylic oxidation sites excluding steroid dienone is 1. The average molecular weight is 560 g/mol. The van der Waals surface area contributed by atoms with Gasteiger partial charge in [-0.1, -0.05) is 78.9 Å². The first-order valence-electron chi connectivity index (χ1n) is 14.0. The van der Waals surface area contributed by atoms with Crippen LogP contribution in [-0.4, -0.2) is 52.8 Å². The maximum absolute atomic E-state index is 13.6. The van der Waals surface area contributed by atoms with Crippen molar-refractivity contribution in [3.8, 4) is 17.0 Å². The molecule has 2 heterocycles. The van der Waals surface area contributed by atoms with Crippen molar-refractivity contribution in [2.45, 2.75) is 36.9 Å². The predicted octanol–water partition coefficient (Wildman–Crippen LogP) is 6.58. The number of nitrogens with one attached hydrogen (secondary N) is 1. The molecule has 4 aromatic rings. The molecule has 0 bridgehead atoms. The van der Waals surface area contributed by atoms with E-state index in [4.69, 9.17) is 0 Å². The van der Waals surface area contributed by atoms with Gasteiger partial charge in [-0.05, 0) is 47.6 Å². The van der Waals surface area contributed by atoms with E-state index >= 15 is 0 Å². The van der Waals surface area contributed by atoms with Crippen molar-refractivity contribution in [2.24, 2.45) is 0 Å². The number of amides is 1. The first-order chi connectivity index (χ1) is 19.8. The van der Waals surface area contributed by atoms with Crippen LogP contribution in [0.1, 0.15) is 36.4 Å². The van der Waals surface area contributed by atoms with Gasteiger partial charge in [-0.2, -0.15) is 13.2 Å². The third kappa shape index (κ3) is 5.01. The van der Waals surface area contributed by atoms with Gasteiger partial charge < -0.3 is 15.0 Å². The molecule has 1 saturated heterocycles. The number of halogens is 3. The second kappa shape index (κ2) is 10.7. The number of likely N-dealkylation sites (tertiary alicyclic amines) is 1. The van der Waals surface area contributed by atoms with E-state index in [-0.39, 0.29) is 12.5 Å². The molecule has 8 heteroatoms. The molecule has 41 heavy (non-hydrogen) atoms. The van der Waals surface area contributed by atoms with Crippen molar-refractivity contribution in [1.29, 1.82) is 0 Å². The van der Waals surface area contributed by atoms with E-state index in [2.05, 4.69) is 10.2 Å². The Morgan fingerprint density at radius 2 is 1.54 bits per heavy atom. The lowest BCUT2D eigenvalue weighted by atomic mass is 9.74. The summed E-state index contributed by atoms with van der Waals surface area (Å²) >= 11 is 0. The zero-order chi connectivity index (χ0) is 28.6.